The van der Waals surface area contributed by atoms with Crippen molar-refractivity contribution < 1.29 is 18.3 Å². The van der Waals surface area contributed by atoms with Crippen LogP contribution in [-0.2, 0) is 11.3 Å². The molecule has 1 amide bonds. The van der Waals surface area contributed by atoms with Gasteiger partial charge in [0.25, 0.3) is 0 Å². The second-order valence-corrected chi connectivity index (χ2v) is 6.78. The Balaban J connectivity index is 1.78. The normalized spacial score (nSPS) is 10.6. The summed E-state index contributed by atoms with van der Waals surface area (Å²) in [6.45, 7) is 0.296. The predicted molar refractivity (Wildman–Crippen MR) is 95.8 cm³/mol. The van der Waals surface area contributed by atoms with Crippen LogP contribution in [0.15, 0.2) is 47.4 Å². The lowest BCUT2D eigenvalue weighted by molar-refractivity contribution is -0.130. The Morgan fingerprint density at radius 1 is 1.12 bits per heavy atom. The van der Waals surface area contributed by atoms with Crippen molar-refractivity contribution in [2.24, 2.45) is 0 Å². The summed E-state index contributed by atoms with van der Waals surface area (Å²) in [5, 5.41) is 0. The summed E-state index contributed by atoms with van der Waals surface area (Å²) >= 11 is 1.59. The molecule has 0 aliphatic rings. The molecule has 0 heterocycles. The number of ether oxygens (including phenoxy) is 1. The molecule has 2 aromatic carbocycles. The highest BCUT2D eigenvalue weighted by Gasteiger charge is 2.12. The molecular formula is C19H21F2NO2S. The van der Waals surface area contributed by atoms with Crippen LogP contribution in [0.5, 0.6) is 5.75 Å². The molecule has 0 N–H and O–H groups in total. The zero-order valence-electron chi connectivity index (χ0n) is 14.3. The Hall–Kier alpha value is -2.08. The maximum absolute atomic E-state index is 13.4. The summed E-state index contributed by atoms with van der Waals surface area (Å²) in [5.41, 5.74) is 0.638. The molecule has 0 saturated carbocycles. The van der Waals surface area contributed by atoms with Gasteiger partial charge in [0.2, 0.25) is 5.91 Å². The fraction of sp³-hybridized carbons (Fsp3) is 0.316. The fourth-order valence-electron chi connectivity index (χ4n) is 2.35. The summed E-state index contributed by atoms with van der Waals surface area (Å²) in [6, 6.07) is 10.6. The lowest BCUT2D eigenvalue weighted by Crippen LogP contribution is -2.26. The molecule has 0 fully saturated rings. The molecule has 0 radical (unpaired) electrons. The molecule has 6 heteroatoms. The van der Waals surface area contributed by atoms with E-state index in [1.807, 2.05) is 0 Å². The van der Waals surface area contributed by atoms with Crippen molar-refractivity contribution in [2.45, 2.75) is 24.3 Å². The van der Waals surface area contributed by atoms with E-state index in [0.717, 1.165) is 10.6 Å². The first kappa shape index (κ1) is 19.2. The van der Waals surface area contributed by atoms with Crippen LogP contribution in [0.2, 0.25) is 0 Å². The van der Waals surface area contributed by atoms with Gasteiger partial charge < -0.3 is 9.64 Å². The molecule has 0 unspecified atom stereocenters. The first-order valence-electron chi connectivity index (χ1n) is 7.94. The summed E-state index contributed by atoms with van der Waals surface area (Å²) < 4.78 is 31.4. The van der Waals surface area contributed by atoms with Crippen molar-refractivity contribution >= 4 is 17.7 Å². The van der Waals surface area contributed by atoms with Gasteiger partial charge in [-0.2, -0.15) is 0 Å². The van der Waals surface area contributed by atoms with Gasteiger partial charge in [0.15, 0.2) is 0 Å². The molecule has 0 atom stereocenters. The van der Waals surface area contributed by atoms with Crippen LogP contribution < -0.4 is 4.74 Å². The highest BCUT2D eigenvalue weighted by Crippen LogP contribution is 2.22. The SMILES string of the molecule is COc1ccc(F)cc1CN(C)C(=O)CCCSc1ccc(F)cc1. The van der Waals surface area contributed by atoms with Crippen molar-refractivity contribution in [3.63, 3.8) is 0 Å². The summed E-state index contributed by atoms with van der Waals surface area (Å²) in [7, 11) is 3.21. The topological polar surface area (TPSA) is 29.5 Å². The lowest BCUT2D eigenvalue weighted by Gasteiger charge is -2.19. The number of halogens is 2. The number of hydrogen-bond donors (Lipinski definition) is 0. The van der Waals surface area contributed by atoms with Crippen LogP contribution in [-0.4, -0.2) is 30.7 Å². The second-order valence-electron chi connectivity index (χ2n) is 5.61. The molecule has 0 aliphatic heterocycles. The minimum absolute atomic E-state index is 0.00831. The summed E-state index contributed by atoms with van der Waals surface area (Å²) in [6.07, 6.45) is 1.12. The van der Waals surface area contributed by atoms with Crippen LogP contribution >= 0.6 is 11.8 Å². The van der Waals surface area contributed by atoms with Gasteiger partial charge in [-0.05, 0) is 54.6 Å². The minimum atomic E-state index is -0.354. The molecule has 25 heavy (non-hydrogen) atoms. The molecule has 2 aromatic rings. The third kappa shape index (κ3) is 6.05. The van der Waals surface area contributed by atoms with Crippen LogP contribution in [0.3, 0.4) is 0 Å². The Bertz CT molecular complexity index is 707. The predicted octanol–water partition coefficient (Wildman–Crippen LogP) is 4.50. The van der Waals surface area contributed by atoms with E-state index in [2.05, 4.69) is 0 Å². The van der Waals surface area contributed by atoms with E-state index in [1.54, 1.807) is 41.9 Å². The largest absolute Gasteiger partial charge is 0.496 e. The highest BCUT2D eigenvalue weighted by atomic mass is 32.2. The van der Waals surface area contributed by atoms with E-state index in [1.165, 1.54) is 31.4 Å². The van der Waals surface area contributed by atoms with Gasteiger partial charge in [0.1, 0.15) is 17.4 Å². The van der Waals surface area contributed by atoms with Gasteiger partial charge in [-0.3, -0.25) is 4.79 Å². The van der Waals surface area contributed by atoms with E-state index in [0.29, 0.717) is 30.7 Å². The first-order chi connectivity index (χ1) is 12.0. The number of nitrogens with zero attached hydrogens (tertiary/aromatic N) is 1. The lowest BCUT2D eigenvalue weighted by atomic mass is 10.1. The zero-order valence-corrected chi connectivity index (χ0v) is 15.1. The van der Waals surface area contributed by atoms with Crippen molar-refractivity contribution in [1.29, 1.82) is 0 Å². The number of carbonyl (C=O) groups excluding carboxylic acids is 1. The molecule has 0 bridgehead atoms. The van der Waals surface area contributed by atoms with E-state index in [9.17, 15) is 13.6 Å². The number of methoxy groups -OCH3 is 1. The van der Waals surface area contributed by atoms with Crippen molar-refractivity contribution in [1.82, 2.24) is 4.90 Å². The molecule has 134 valence electrons. The van der Waals surface area contributed by atoms with Crippen molar-refractivity contribution in [3.05, 3.63) is 59.7 Å². The quantitative estimate of drug-likeness (QED) is 0.509. The third-order valence-electron chi connectivity index (χ3n) is 3.69. The smallest absolute Gasteiger partial charge is 0.222 e. The van der Waals surface area contributed by atoms with Gasteiger partial charge >= 0.3 is 0 Å². The van der Waals surface area contributed by atoms with Gasteiger partial charge in [0.05, 0.1) is 7.11 Å². The maximum atomic E-state index is 13.4. The summed E-state index contributed by atoms with van der Waals surface area (Å²) in [4.78, 5) is 14.8. The van der Waals surface area contributed by atoms with Crippen LogP contribution in [0, 0.1) is 11.6 Å². The number of amides is 1. The molecule has 0 spiro atoms. The van der Waals surface area contributed by atoms with Crippen LogP contribution in [0.25, 0.3) is 0 Å². The number of hydrogen-bond acceptors (Lipinski definition) is 3. The molecule has 2 rings (SSSR count). The number of rotatable bonds is 8. The molecule has 0 aliphatic carbocycles. The molecule has 0 aromatic heterocycles. The standard InChI is InChI=1S/C19H21F2NO2S/c1-22(13-14-12-16(21)7-10-18(14)24-2)19(23)4-3-11-25-17-8-5-15(20)6-9-17/h5-10,12H,3-4,11,13H2,1-2H3. The monoisotopic (exact) mass is 365 g/mol. The fourth-order valence-corrected chi connectivity index (χ4v) is 3.20. The first-order valence-corrected chi connectivity index (χ1v) is 8.93. The molecule has 0 saturated heterocycles. The van der Waals surface area contributed by atoms with Gasteiger partial charge in [-0.1, -0.05) is 0 Å². The number of carbonyl (C=O) groups is 1. The maximum Gasteiger partial charge on any atom is 0.222 e. The number of benzene rings is 2. The molecular weight excluding hydrogens is 344 g/mol. The zero-order chi connectivity index (χ0) is 18.2. The third-order valence-corrected chi connectivity index (χ3v) is 4.79. The Kier molecular flexibility index (Phi) is 7.25. The Morgan fingerprint density at radius 2 is 1.80 bits per heavy atom. The Labute approximate surface area is 151 Å². The average Bonchev–Trinajstić information content (AvgIpc) is 2.60. The van der Waals surface area contributed by atoms with Gasteiger partial charge in [-0.25, -0.2) is 8.78 Å². The second kappa shape index (κ2) is 9.42. The van der Waals surface area contributed by atoms with Gasteiger partial charge in [0, 0.05) is 30.5 Å². The van der Waals surface area contributed by atoms with E-state index in [-0.39, 0.29) is 17.5 Å². The van der Waals surface area contributed by atoms with E-state index < -0.39 is 0 Å². The number of thioether (sulfide) groups is 1. The molecule has 3 nitrogen and oxygen atoms in total. The average molecular weight is 365 g/mol. The Morgan fingerprint density at radius 3 is 2.48 bits per heavy atom. The summed E-state index contributed by atoms with van der Waals surface area (Å²) in [5.74, 6) is 0.717. The minimum Gasteiger partial charge on any atom is -0.496 e. The van der Waals surface area contributed by atoms with E-state index in [4.69, 9.17) is 4.74 Å². The van der Waals surface area contributed by atoms with Crippen LogP contribution in [0.1, 0.15) is 18.4 Å². The van der Waals surface area contributed by atoms with Crippen molar-refractivity contribution in [2.75, 3.05) is 19.9 Å². The van der Waals surface area contributed by atoms with E-state index >= 15 is 0 Å². The van der Waals surface area contributed by atoms with Crippen molar-refractivity contribution in [3.8, 4) is 5.75 Å². The van der Waals surface area contributed by atoms with Crippen LogP contribution in [0.4, 0.5) is 8.78 Å². The highest BCUT2D eigenvalue weighted by molar-refractivity contribution is 7.99. The van der Waals surface area contributed by atoms with Gasteiger partial charge in [-0.15, -0.1) is 11.8 Å².